The van der Waals surface area contributed by atoms with Crippen LogP contribution in [0.4, 0.5) is 17.6 Å². The molecule has 1 fully saturated rings. The van der Waals surface area contributed by atoms with Crippen LogP contribution in [-0.4, -0.2) is 52.8 Å². The van der Waals surface area contributed by atoms with Crippen LogP contribution in [0.1, 0.15) is 37.2 Å². The summed E-state index contributed by atoms with van der Waals surface area (Å²) in [6.45, 7) is 1.63. The highest BCUT2D eigenvalue weighted by Gasteiger charge is 2.46. The van der Waals surface area contributed by atoms with E-state index in [0.29, 0.717) is 6.20 Å². The van der Waals surface area contributed by atoms with Gasteiger partial charge >= 0.3 is 12.3 Å². The van der Waals surface area contributed by atoms with Crippen molar-refractivity contribution in [2.45, 2.75) is 39.0 Å². The molecular weight excluding hydrogens is 496 g/mol. The van der Waals surface area contributed by atoms with Crippen LogP contribution < -0.4 is 15.7 Å². The van der Waals surface area contributed by atoms with Crippen LogP contribution in [0, 0.1) is 11.6 Å². The molecule has 190 valence electrons. The van der Waals surface area contributed by atoms with Gasteiger partial charge in [0.05, 0.1) is 45.5 Å². The fourth-order valence-corrected chi connectivity index (χ4v) is 6.37. The van der Waals surface area contributed by atoms with Crippen molar-refractivity contribution in [3.8, 4) is 11.6 Å². The Morgan fingerprint density at radius 3 is 2.40 bits per heavy atom. The van der Waals surface area contributed by atoms with E-state index >= 15 is 4.39 Å². The third-order valence-electron chi connectivity index (χ3n) is 5.50. The molecule has 14 heteroatoms. The number of halogens is 4. The Labute approximate surface area is 197 Å². The van der Waals surface area contributed by atoms with E-state index in [1.165, 1.54) is 4.57 Å². The molecule has 1 amide bonds. The van der Waals surface area contributed by atoms with Gasteiger partial charge in [0, 0.05) is 18.2 Å². The monoisotopic (exact) mass is 518 g/mol. The number of aromatic nitrogens is 3. The average Bonchev–Trinajstić information content (AvgIpc) is 2.97. The number of fused-ring (bicyclic) bond motifs is 1. The van der Waals surface area contributed by atoms with E-state index in [9.17, 15) is 31.9 Å². The molecule has 0 spiro atoms. The second-order valence-electron chi connectivity index (χ2n) is 8.86. The molecule has 9 nitrogen and oxygen atoms in total. The lowest BCUT2D eigenvalue weighted by Gasteiger charge is -2.54. The molecule has 0 unspecified atom stereocenters. The zero-order valence-electron chi connectivity index (χ0n) is 18.8. The van der Waals surface area contributed by atoms with E-state index in [1.54, 1.807) is 20.8 Å². The van der Waals surface area contributed by atoms with Crippen LogP contribution in [0.3, 0.4) is 0 Å². The van der Waals surface area contributed by atoms with Crippen molar-refractivity contribution in [3.05, 3.63) is 52.1 Å². The molecule has 0 aliphatic carbocycles. The molecule has 1 aromatic carbocycles. The summed E-state index contributed by atoms with van der Waals surface area (Å²) in [5, 5.41) is 2.58. The summed E-state index contributed by atoms with van der Waals surface area (Å²) in [4.78, 5) is 29.5. The molecule has 3 N–H and O–H groups in total. The molecule has 0 radical (unpaired) electrons. The van der Waals surface area contributed by atoms with Crippen molar-refractivity contribution < 1.29 is 36.2 Å². The van der Waals surface area contributed by atoms with Crippen molar-refractivity contribution in [1.29, 1.82) is 0 Å². The lowest BCUT2D eigenvalue weighted by atomic mass is 10.1. The molecular formula is C21H22F4N4O5S. The lowest BCUT2D eigenvalue weighted by molar-refractivity contribution is -0.0529. The maximum atomic E-state index is 15.1. The number of imidazole rings is 1. The van der Waals surface area contributed by atoms with Crippen LogP contribution in [0.15, 0.2) is 29.2 Å². The predicted octanol–water partition coefficient (Wildman–Crippen LogP) is 3.90. The summed E-state index contributed by atoms with van der Waals surface area (Å²) in [6, 6.07) is 2.29. The minimum absolute atomic E-state index is 0.0764. The van der Waals surface area contributed by atoms with Gasteiger partial charge in [-0.15, -0.1) is 0 Å². The maximum Gasteiger partial charge on any atom is 0.388 e. The quantitative estimate of drug-likeness (QED) is 0.426. The first-order valence-corrected chi connectivity index (χ1v) is 12.2. The topological polar surface area (TPSA) is 119 Å². The lowest BCUT2D eigenvalue weighted by Crippen LogP contribution is -2.61. The van der Waals surface area contributed by atoms with E-state index in [-0.39, 0.29) is 22.5 Å². The van der Waals surface area contributed by atoms with Crippen molar-refractivity contribution in [3.63, 3.8) is 0 Å². The molecule has 3 heterocycles. The number of ether oxygens (including phenoxy) is 1. The van der Waals surface area contributed by atoms with Crippen LogP contribution in [0.25, 0.3) is 16.7 Å². The number of alkyl halides is 2. The van der Waals surface area contributed by atoms with Gasteiger partial charge < -0.3 is 10.1 Å². The Balaban J connectivity index is 1.85. The fraction of sp³-hybridized carbons (Fsp3) is 0.381. The van der Waals surface area contributed by atoms with E-state index < -0.39 is 69.1 Å². The SMILES string of the molecule is CC(C)n1c(=O)n(-c2cc(OC(F)F)ncc2F)c2cc(F)c(C(=O)NC3(C)CS(O)(O)C3)cc21. The predicted molar refractivity (Wildman–Crippen MR) is 121 cm³/mol. The molecule has 4 rings (SSSR count). The number of carbonyl (C=O) groups excluding carboxylic acids is 1. The van der Waals surface area contributed by atoms with Crippen LogP contribution in [0.2, 0.25) is 0 Å². The van der Waals surface area contributed by atoms with Gasteiger partial charge in [0.2, 0.25) is 5.88 Å². The molecule has 0 saturated carbocycles. The zero-order chi connectivity index (χ0) is 25.9. The Morgan fingerprint density at radius 1 is 1.17 bits per heavy atom. The highest BCUT2D eigenvalue weighted by molar-refractivity contribution is 8.25. The first-order valence-electron chi connectivity index (χ1n) is 10.3. The Bertz CT molecular complexity index is 1380. The van der Waals surface area contributed by atoms with Crippen molar-refractivity contribution >= 4 is 27.5 Å². The molecule has 3 aromatic rings. The zero-order valence-corrected chi connectivity index (χ0v) is 19.6. The highest BCUT2D eigenvalue weighted by atomic mass is 32.3. The summed E-state index contributed by atoms with van der Waals surface area (Å²) < 4.78 is 80.4. The first kappa shape index (κ1) is 25.0. The van der Waals surface area contributed by atoms with Crippen molar-refractivity contribution in [2.24, 2.45) is 0 Å². The molecule has 2 aromatic heterocycles. The number of amides is 1. The minimum Gasteiger partial charge on any atom is -0.417 e. The van der Waals surface area contributed by atoms with Gasteiger partial charge in [-0.05, 0) is 26.8 Å². The molecule has 1 aliphatic rings. The standard InChI is InChI=1S/C21H22F4N4O5S/c1-10(2)28-15-4-11(18(30)27-21(3)8-35(32,33)9-21)12(22)5-16(15)29(20(28)31)14-6-17(34-19(24)25)26-7-13(14)23/h4-7,10,19,32-33H,8-9H2,1-3H3,(H,27,30). The van der Waals surface area contributed by atoms with Crippen LogP contribution in [-0.2, 0) is 0 Å². The summed E-state index contributed by atoms with van der Waals surface area (Å²) in [5.74, 6) is -3.71. The van der Waals surface area contributed by atoms with E-state index in [0.717, 1.165) is 22.8 Å². The number of rotatable bonds is 6. The highest BCUT2D eigenvalue weighted by Crippen LogP contribution is 2.53. The third kappa shape index (κ3) is 4.60. The summed E-state index contributed by atoms with van der Waals surface area (Å²) in [6.07, 6.45) is 0.597. The van der Waals surface area contributed by atoms with Crippen molar-refractivity contribution in [1.82, 2.24) is 19.4 Å². The van der Waals surface area contributed by atoms with E-state index in [1.807, 2.05) is 0 Å². The average molecular weight is 518 g/mol. The molecule has 0 bridgehead atoms. The normalized spacial score (nSPS) is 17.5. The largest absolute Gasteiger partial charge is 0.417 e. The van der Waals surface area contributed by atoms with Gasteiger partial charge in [0.1, 0.15) is 5.82 Å². The summed E-state index contributed by atoms with van der Waals surface area (Å²) in [5.41, 5.74) is -2.68. The Morgan fingerprint density at radius 2 is 1.83 bits per heavy atom. The number of carbonyl (C=O) groups is 1. The van der Waals surface area contributed by atoms with Gasteiger partial charge in [0.15, 0.2) is 5.82 Å². The third-order valence-corrected chi connectivity index (χ3v) is 7.70. The van der Waals surface area contributed by atoms with Gasteiger partial charge in [-0.2, -0.15) is 19.4 Å². The van der Waals surface area contributed by atoms with Crippen molar-refractivity contribution in [2.75, 3.05) is 11.5 Å². The fourth-order valence-electron chi connectivity index (χ4n) is 4.27. The Kier molecular flexibility index (Phi) is 6.10. The number of nitrogens with one attached hydrogen (secondary N) is 1. The van der Waals surface area contributed by atoms with Gasteiger partial charge in [-0.3, -0.25) is 23.0 Å². The first-order chi connectivity index (χ1) is 16.2. The van der Waals surface area contributed by atoms with Gasteiger partial charge in [0.25, 0.3) is 5.91 Å². The summed E-state index contributed by atoms with van der Waals surface area (Å²) in [7, 11) is -2.78. The number of hydrogen-bond acceptors (Lipinski definition) is 6. The molecule has 35 heavy (non-hydrogen) atoms. The van der Waals surface area contributed by atoms with E-state index in [4.69, 9.17) is 0 Å². The van der Waals surface area contributed by atoms with Gasteiger partial charge in [-0.1, -0.05) is 0 Å². The molecule has 1 saturated heterocycles. The maximum absolute atomic E-state index is 15.1. The number of pyridine rings is 1. The smallest absolute Gasteiger partial charge is 0.388 e. The van der Waals surface area contributed by atoms with Crippen LogP contribution >= 0.6 is 10.6 Å². The minimum atomic E-state index is -3.24. The summed E-state index contributed by atoms with van der Waals surface area (Å²) >= 11 is 0. The Hall–Kier alpha value is -3.10. The molecule has 1 aliphatic heterocycles. The number of hydrogen-bond donors (Lipinski definition) is 3. The second-order valence-corrected chi connectivity index (χ2v) is 11.0. The number of benzene rings is 1. The van der Waals surface area contributed by atoms with E-state index in [2.05, 4.69) is 15.0 Å². The van der Waals surface area contributed by atoms with Crippen LogP contribution in [0.5, 0.6) is 5.88 Å². The van der Waals surface area contributed by atoms with Gasteiger partial charge in [-0.25, -0.2) is 18.6 Å². The second kappa shape index (κ2) is 8.53. The number of nitrogens with zero attached hydrogens (tertiary/aromatic N) is 3. The molecule has 0 atom stereocenters.